The highest BCUT2D eigenvalue weighted by Gasteiger charge is 2.18. The van der Waals surface area contributed by atoms with Crippen molar-refractivity contribution < 1.29 is 10.2 Å². The minimum atomic E-state index is -0.222. The van der Waals surface area contributed by atoms with Gasteiger partial charge in [-0.3, -0.25) is 0 Å². The van der Waals surface area contributed by atoms with E-state index in [1.165, 1.54) is 31.2 Å². The lowest BCUT2D eigenvalue weighted by Crippen LogP contribution is -2.35. The Bertz CT molecular complexity index is 384. The first-order valence-electron chi connectivity index (χ1n) is 7.83. The molecule has 0 saturated heterocycles. The number of phenolic OH excluding ortho intramolecular Hbond substituents is 1. The maximum absolute atomic E-state index is 10.1. The van der Waals surface area contributed by atoms with E-state index in [1.807, 2.05) is 12.1 Å². The van der Waals surface area contributed by atoms with Crippen molar-refractivity contribution in [2.24, 2.45) is 5.92 Å². The van der Waals surface area contributed by atoms with Crippen LogP contribution < -0.4 is 5.32 Å². The SMILES string of the molecule is CC(Cc1ccc(O)cc1)NCC(O)CC1CCCC1. The Balaban J connectivity index is 1.66. The van der Waals surface area contributed by atoms with Crippen LogP contribution in [0.15, 0.2) is 24.3 Å². The molecule has 2 unspecified atom stereocenters. The van der Waals surface area contributed by atoms with Crippen LogP contribution in [0.25, 0.3) is 0 Å². The van der Waals surface area contributed by atoms with E-state index in [2.05, 4.69) is 12.2 Å². The van der Waals surface area contributed by atoms with Crippen LogP contribution in [0, 0.1) is 5.92 Å². The number of aliphatic hydroxyl groups is 1. The highest BCUT2D eigenvalue weighted by molar-refractivity contribution is 5.26. The molecular weight excluding hydrogens is 250 g/mol. The molecule has 3 nitrogen and oxygen atoms in total. The molecule has 0 radical (unpaired) electrons. The molecule has 1 aliphatic rings. The van der Waals surface area contributed by atoms with Gasteiger partial charge in [0.1, 0.15) is 5.75 Å². The standard InChI is InChI=1S/C17H27NO2/c1-13(10-15-6-8-16(19)9-7-15)18-12-17(20)11-14-4-2-3-5-14/h6-9,13-14,17-20H,2-5,10-12H2,1H3. The lowest BCUT2D eigenvalue weighted by atomic mass is 9.99. The monoisotopic (exact) mass is 277 g/mol. The van der Waals surface area contributed by atoms with E-state index in [4.69, 9.17) is 0 Å². The van der Waals surface area contributed by atoms with E-state index in [0.717, 1.165) is 18.8 Å². The van der Waals surface area contributed by atoms with Crippen LogP contribution in [0.5, 0.6) is 5.75 Å². The molecule has 0 aromatic heterocycles. The summed E-state index contributed by atoms with van der Waals surface area (Å²) >= 11 is 0. The number of aromatic hydroxyl groups is 1. The molecule has 1 fully saturated rings. The largest absolute Gasteiger partial charge is 0.508 e. The predicted molar refractivity (Wildman–Crippen MR) is 81.9 cm³/mol. The second kappa shape index (κ2) is 7.65. The van der Waals surface area contributed by atoms with Gasteiger partial charge in [0.2, 0.25) is 0 Å². The summed E-state index contributed by atoms with van der Waals surface area (Å²) in [4.78, 5) is 0. The third kappa shape index (κ3) is 5.14. The van der Waals surface area contributed by atoms with Gasteiger partial charge in [-0.1, -0.05) is 37.8 Å². The van der Waals surface area contributed by atoms with Gasteiger partial charge in [0.25, 0.3) is 0 Å². The number of nitrogens with one attached hydrogen (secondary N) is 1. The molecule has 1 aliphatic carbocycles. The van der Waals surface area contributed by atoms with Crippen molar-refractivity contribution in [3.8, 4) is 5.75 Å². The maximum Gasteiger partial charge on any atom is 0.115 e. The molecule has 2 atom stereocenters. The van der Waals surface area contributed by atoms with Gasteiger partial charge >= 0.3 is 0 Å². The second-order valence-electron chi connectivity index (χ2n) is 6.22. The first-order valence-corrected chi connectivity index (χ1v) is 7.83. The number of aliphatic hydroxyl groups excluding tert-OH is 1. The van der Waals surface area contributed by atoms with Gasteiger partial charge in [-0.25, -0.2) is 0 Å². The molecule has 0 bridgehead atoms. The smallest absolute Gasteiger partial charge is 0.115 e. The van der Waals surface area contributed by atoms with E-state index in [-0.39, 0.29) is 6.10 Å². The Morgan fingerprint density at radius 1 is 1.20 bits per heavy atom. The Morgan fingerprint density at radius 3 is 2.50 bits per heavy atom. The molecule has 0 heterocycles. The fourth-order valence-corrected chi connectivity index (χ4v) is 3.11. The fraction of sp³-hybridized carbons (Fsp3) is 0.647. The number of hydrogen-bond donors (Lipinski definition) is 3. The van der Waals surface area contributed by atoms with Gasteiger partial charge in [0.15, 0.2) is 0 Å². The third-order valence-electron chi connectivity index (χ3n) is 4.26. The second-order valence-corrected chi connectivity index (χ2v) is 6.22. The minimum Gasteiger partial charge on any atom is -0.508 e. The summed E-state index contributed by atoms with van der Waals surface area (Å²) in [5, 5.41) is 22.7. The van der Waals surface area contributed by atoms with E-state index in [9.17, 15) is 10.2 Å². The zero-order chi connectivity index (χ0) is 14.4. The molecule has 3 heteroatoms. The highest BCUT2D eigenvalue weighted by Crippen LogP contribution is 2.28. The summed E-state index contributed by atoms with van der Waals surface area (Å²) in [6, 6.07) is 7.66. The van der Waals surface area contributed by atoms with Crippen molar-refractivity contribution in [3.05, 3.63) is 29.8 Å². The van der Waals surface area contributed by atoms with E-state index >= 15 is 0 Å². The topological polar surface area (TPSA) is 52.5 Å². The molecule has 0 spiro atoms. The molecule has 2 rings (SSSR count). The summed E-state index contributed by atoms with van der Waals surface area (Å²) < 4.78 is 0. The van der Waals surface area contributed by atoms with Gasteiger partial charge in [-0.05, 0) is 43.4 Å². The lowest BCUT2D eigenvalue weighted by molar-refractivity contribution is 0.137. The van der Waals surface area contributed by atoms with E-state index in [1.54, 1.807) is 12.1 Å². The average Bonchev–Trinajstić information content (AvgIpc) is 2.92. The van der Waals surface area contributed by atoms with Gasteiger partial charge in [-0.2, -0.15) is 0 Å². The van der Waals surface area contributed by atoms with Crippen LogP contribution in [-0.4, -0.2) is 28.9 Å². The number of rotatable bonds is 7. The number of phenols is 1. The van der Waals surface area contributed by atoms with Gasteiger partial charge in [-0.15, -0.1) is 0 Å². The van der Waals surface area contributed by atoms with Crippen molar-refractivity contribution >= 4 is 0 Å². The molecule has 3 N–H and O–H groups in total. The molecule has 0 amide bonds. The number of benzene rings is 1. The fourth-order valence-electron chi connectivity index (χ4n) is 3.11. The summed E-state index contributed by atoms with van der Waals surface area (Å²) in [6.07, 6.45) is 6.89. The van der Waals surface area contributed by atoms with E-state index in [0.29, 0.717) is 18.3 Å². The Labute approximate surface area is 122 Å². The molecule has 1 aromatic rings. The Hall–Kier alpha value is -1.06. The summed E-state index contributed by atoms with van der Waals surface area (Å²) in [5.41, 5.74) is 1.20. The Kier molecular flexibility index (Phi) is 5.86. The molecule has 112 valence electrons. The van der Waals surface area contributed by atoms with Gasteiger partial charge in [0.05, 0.1) is 6.10 Å². The summed E-state index contributed by atoms with van der Waals surface area (Å²) in [7, 11) is 0. The molecule has 20 heavy (non-hydrogen) atoms. The van der Waals surface area contributed by atoms with Gasteiger partial charge < -0.3 is 15.5 Å². The van der Waals surface area contributed by atoms with E-state index < -0.39 is 0 Å². The van der Waals surface area contributed by atoms with Crippen molar-refractivity contribution in [1.82, 2.24) is 5.32 Å². The summed E-state index contributed by atoms with van der Waals surface area (Å²) in [6.45, 7) is 2.81. The maximum atomic E-state index is 10.1. The van der Waals surface area contributed by atoms with Crippen LogP contribution in [-0.2, 0) is 6.42 Å². The predicted octanol–water partition coefficient (Wildman–Crippen LogP) is 2.85. The molecule has 1 aromatic carbocycles. The van der Waals surface area contributed by atoms with Gasteiger partial charge in [0, 0.05) is 12.6 Å². The molecule has 0 aliphatic heterocycles. The third-order valence-corrected chi connectivity index (χ3v) is 4.26. The number of hydrogen-bond acceptors (Lipinski definition) is 3. The first kappa shape index (κ1) is 15.3. The summed E-state index contributed by atoms with van der Waals surface area (Å²) in [5.74, 6) is 1.04. The van der Waals surface area contributed by atoms with Crippen molar-refractivity contribution in [2.75, 3.05) is 6.54 Å². The molecular formula is C17H27NO2. The van der Waals surface area contributed by atoms with Crippen LogP contribution in [0.4, 0.5) is 0 Å². The molecule has 1 saturated carbocycles. The van der Waals surface area contributed by atoms with Crippen LogP contribution >= 0.6 is 0 Å². The zero-order valence-electron chi connectivity index (χ0n) is 12.4. The quantitative estimate of drug-likeness (QED) is 0.718. The average molecular weight is 277 g/mol. The van der Waals surface area contributed by atoms with Crippen molar-refractivity contribution in [1.29, 1.82) is 0 Å². The highest BCUT2D eigenvalue weighted by atomic mass is 16.3. The van der Waals surface area contributed by atoms with Crippen LogP contribution in [0.1, 0.15) is 44.6 Å². The normalized spacial score (nSPS) is 19.1. The van der Waals surface area contributed by atoms with Crippen molar-refractivity contribution in [2.45, 2.75) is 57.6 Å². The zero-order valence-corrected chi connectivity index (χ0v) is 12.4. The van der Waals surface area contributed by atoms with Crippen LogP contribution in [0.3, 0.4) is 0 Å². The first-order chi connectivity index (χ1) is 9.63. The van der Waals surface area contributed by atoms with Crippen molar-refractivity contribution in [3.63, 3.8) is 0 Å². The minimum absolute atomic E-state index is 0.222. The van der Waals surface area contributed by atoms with Crippen LogP contribution in [0.2, 0.25) is 0 Å². The lowest BCUT2D eigenvalue weighted by Gasteiger charge is -2.19. The Morgan fingerprint density at radius 2 is 1.85 bits per heavy atom.